The molecule has 0 radical (unpaired) electrons. The lowest BCUT2D eigenvalue weighted by Crippen LogP contribution is -2.45. The highest BCUT2D eigenvalue weighted by atomic mass is 16.2. The summed E-state index contributed by atoms with van der Waals surface area (Å²) in [6, 6.07) is 0.107. The SMILES string of the molecule is Cc1c(C(=O)N2CCC[C@@H](N)C2)cnn1C(C)(C)C. The van der Waals surface area contributed by atoms with E-state index in [1.54, 1.807) is 6.20 Å². The summed E-state index contributed by atoms with van der Waals surface area (Å²) in [4.78, 5) is 14.4. The number of hydrogen-bond acceptors (Lipinski definition) is 3. The summed E-state index contributed by atoms with van der Waals surface area (Å²) >= 11 is 0. The van der Waals surface area contributed by atoms with Gasteiger partial charge in [0.15, 0.2) is 0 Å². The molecule has 0 saturated carbocycles. The van der Waals surface area contributed by atoms with Gasteiger partial charge in [-0.25, -0.2) is 0 Å². The van der Waals surface area contributed by atoms with Crippen molar-refractivity contribution in [1.82, 2.24) is 14.7 Å². The Morgan fingerprint density at radius 2 is 2.16 bits per heavy atom. The van der Waals surface area contributed by atoms with Crippen molar-refractivity contribution >= 4 is 5.91 Å². The molecule has 5 nitrogen and oxygen atoms in total. The zero-order chi connectivity index (χ0) is 14.2. The average Bonchev–Trinajstić information content (AvgIpc) is 2.70. The number of carbonyl (C=O) groups is 1. The maximum Gasteiger partial charge on any atom is 0.257 e. The molecule has 1 atom stereocenters. The van der Waals surface area contributed by atoms with Crippen molar-refractivity contribution in [3.63, 3.8) is 0 Å². The summed E-state index contributed by atoms with van der Waals surface area (Å²) in [5, 5.41) is 4.36. The number of nitrogens with zero attached hydrogens (tertiary/aromatic N) is 3. The zero-order valence-electron chi connectivity index (χ0n) is 12.3. The molecule has 2 N–H and O–H groups in total. The summed E-state index contributed by atoms with van der Waals surface area (Å²) < 4.78 is 1.91. The summed E-state index contributed by atoms with van der Waals surface area (Å²) in [6.45, 7) is 9.65. The molecular formula is C14H24N4O. The fourth-order valence-electron chi connectivity index (χ4n) is 2.66. The highest BCUT2D eigenvalue weighted by molar-refractivity contribution is 5.95. The van der Waals surface area contributed by atoms with Crippen LogP contribution in [0, 0.1) is 6.92 Å². The molecule has 106 valence electrons. The van der Waals surface area contributed by atoms with Gasteiger partial charge in [0.05, 0.1) is 17.3 Å². The van der Waals surface area contributed by atoms with E-state index in [0.29, 0.717) is 12.1 Å². The Bertz CT molecular complexity index is 472. The Kier molecular flexibility index (Phi) is 3.67. The Labute approximate surface area is 114 Å². The molecule has 0 aliphatic carbocycles. The number of hydrogen-bond donors (Lipinski definition) is 1. The van der Waals surface area contributed by atoms with Gasteiger partial charge in [0.1, 0.15) is 0 Å². The Morgan fingerprint density at radius 3 is 2.68 bits per heavy atom. The van der Waals surface area contributed by atoms with Gasteiger partial charge in [0.2, 0.25) is 0 Å². The molecule has 2 heterocycles. The smallest absolute Gasteiger partial charge is 0.257 e. The van der Waals surface area contributed by atoms with Gasteiger partial charge in [0.25, 0.3) is 5.91 Å². The zero-order valence-corrected chi connectivity index (χ0v) is 12.3. The molecule has 1 aliphatic heterocycles. The molecule has 5 heteroatoms. The summed E-state index contributed by atoms with van der Waals surface area (Å²) in [5.74, 6) is 0.0585. The van der Waals surface area contributed by atoms with Crippen molar-refractivity contribution in [2.24, 2.45) is 5.73 Å². The summed E-state index contributed by atoms with van der Waals surface area (Å²) in [5.41, 5.74) is 7.45. The van der Waals surface area contributed by atoms with E-state index in [0.717, 1.165) is 25.1 Å². The minimum atomic E-state index is -0.110. The molecule has 1 aromatic rings. The van der Waals surface area contributed by atoms with Gasteiger partial charge < -0.3 is 10.6 Å². The molecule has 1 amide bonds. The first kappa shape index (κ1) is 14.1. The van der Waals surface area contributed by atoms with Gasteiger partial charge in [-0.1, -0.05) is 0 Å². The van der Waals surface area contributed by atoms with Crippen LogP contribution in [-0.4, -0.2) is 39.7 Å². The lowest BCUT2D eigenvalue weighted by molar-refractivity contribution is 0.0707. The molecule has 1 fully saturated rings. The second kappa shape index (κ2) is 4.96. The molecule has 1 saturated heterocycles. The minimum Gasteiger partial charge on any atom is -0.337 e. The average molecular weight is 264 g/mol. The summed E-state index contributed by atoms with van der Waals surface area (Å²) in [7, 11) is 0. The van der Waals surface area contributed by atoms with Crippen molar-refractivity contribution in [3.05, 3.63) is 17.5 Å². The largest absolute Gasteiger partial charge is 0.337 e. The van der Waals surface area contributed by atoms with Crippen LogP contribution in [0.25, 0.3) is 0 Å². The van der Waals surface area contributed by atoms with Crippen LogP contribution in [0.3, 0.4) is 0 Å². The molecule has 0 bridgehead atoms. The number of nitrogens with two attached hydrogens (primary N) is 1. The van der Waals surface area contributed by atoms with Gasteiger partial charge in [-0.3, -0.25) is 9.48 Å². The minimum absolute atomic E-state index is 0.0585. The van der Waals surface area contributed by atoms with Gasteiger partial charge in [-0.15, -0.1) is 0 Å². The van der Waals surface area contributed by atoms with E-state index >= 15 is 0 Å². The Hall–Kier alpha value is -1.36. The first-order valence-corrected chi connectivity index (χ1v) is 6.90. The van der Waals surface area contributed by atoms with E-state index in [1.165, 1.54) is 0 Å². The quantitative estimate of drug-likeness (QED) is 0.836. The molecule has 19 heavy (non-hydrogen) atoms. The number of amides is 1. The predicted molar refractivity (Wildman–Crippen MR) is 75.1 cm³/mol. The maximum absolute atomic E-state index is 12.5. The number of rotatable bonds is 1. The van der Waals surface area contributed by atoms with Gasteiger partial charge in [0, 0.05) is 24.8 Å². The fourth-order valence-corrected chi connectivity index (χ4v) is 2.66. The lowest BCUT2D eigenvalue weighted by Gasteiger charge is -2.30. The van der Waals surface area contributed by atoms with Crippen LogP contribution in [0.2, 0.25) is 0 Å². The van der Waals surface area contributed by atoms with Crippen molar-refractivity contribution < 1.29 is 4.79 Å². The molecular weight excluding hydrogens is 240 g/mol. The maximum atomic E-state index is 12.5. The van der Waals surface area contributed by atoms with Crippen LogP contribution in [0.15, 0.2) is 6.20 Å². The standard InChI is InChI=1S/C14H24N4O/c1-10-12(8-16-18(10)14(2,3)4)13(19)17-7-5-6-11(15)9-17/h8,11H,5-7,9,15H2,1-4H3/t11-/m1/s1. The number of likely N-dealkylation sites (tertiary alicyclic amines) is 1. The fraction of sp³-hybridized carbons (Fsp3) is 0.714. The van der Waals surface area contributed by atoms with Crippen LogP contribution < -0.4 is 5.73 Å². The van der Waals surface area contributed by atoms with Crippen LogP contribution in [0.5, 0.6) is 0 Å². The first-order valence-electron chi connectivity index (χ1n) is 6.90. The van der Waals surface area contributed by atoms with Crippen LogP contribution in [-0.2, 0) is 5.54 Å². The third-order valence-corrected chi connectivity index (χ3v) is 3.62. The molecule has 2 rings (SSSR count). The highest BCUT2D eigenvalue weighted by Gasteiger charge is 2.27. The lowest BCUT2D eigenvalue weighted by atomic mass is 10.1. The molecule has 0 aromatic carbocycles. The van der Waals surface area contributed by atoms with Gasteiger partial charge >= 0.3 is 0 Å². The second-order valence-electron chi connectivity index (χ2n) is 6.38. The summed E-state index contributed by atoms with van der Waals surface area (Å²) in [6.07, 6.45) is 3.67. The van der Waals surface area contributed by atoms with Crippen LogP contribution in [0.4, 0.5) is 0 Å². The van der Waals surface area contributed by atoms with E-state index in [9.17, 15) is 4.79 Å². The van der Waals surface area contributed by atoms with Crippen molar-refractivity contribution in [3.8, 4) is 0 Å². The topological polar surface area (TPSA) is 64.2 Å². The van der Waals surface area contributed by atoms with Crippen LogP contribution >= 0.6 is 0 Å². The van der Waals surface area contributed by atoms with Crippen molar-refractivity contribution in [2.75, 3.05) is 13.1 Å². The number of carbonyl (C=O) groups excluding carboxylic acids is 1. The first-order chi connectivity index (χ1) is 8.80. The highest BCUT2D eigenvalue weighted by Crippen LogP contribution is 2.20. The van der Waals surface area contributed by atoms with Crippen molar-refractivity contribution in [1.29, 1.82) is 0 Å². The van der Waals surface area contributed by atoms with Gasteiger partial charge in [-0.2, -0.15) is 5.10 Å². The van der Waals surface area contributed by atoms with Gasteiger partial charge in [-0.05, 0) is 40.5 Å². The monoisotopic (exact) mass is 264 g/mol. The van der Waals surface area contributed by atoms with Crippen LogP contribution in [0.1, 0.15) is 49.7 Å². The Balaban J connectivity index is 2.22. The molecule has 0 spiro atoms. The third-order valence-electron chi connectivity index (χ3n) is 3.62. The van der Waals surface area contributed by atoms with E-state index < -0.39 is 0 Å². The van der Waals surface area contributed by atoms with E-state index in [-0.39, 0.29) is 17.5 Å². The van der Waals surface area contributed by atoms with E-state index in [2.05, 4.69) is 25.9 Å². The Morgan fingerprint density at radius 1 is 1.47 bits per heavy atom. The second-order valence-corrected chi connectivity index (χ2v) is 6.38. The molecule has 0 unspecified atom stereocenters. The predicted octanol–water partition coefficient (Wildman–Crippen LogP) is 1.51. The van der Waals surface area contributed by atoms with Crippen molar-refractivity contribution in [2.45, 2.75) is 52.1 Å². The molecule has 1 aromatic heterocycles. The normalized spacial score (nSPS) is 20.7. The molecule has 1 aliphatic rings. The number of aromatic nitrogens is 2. The van der Waals surface area contributed by atoms with E-state index in [4.69, 9.17) is 5.73 Å². The van der Waals surface area contributed by atoms with E-state index in [1.807, 2.05) is 16.5 Å². The number of piperidine rings is 1. The third kappa shape index (κ3) is 2.81.